The van der Waals surface area contributed by atoms with Gasteiger partial charge in [-0.3, -0.25) is 5.41 Å². The Labute approximate surface area is 173 Å². The summed E-state index contributed by atoms with van der Waals surface area (Å²) in [4.78, 5) is 0. The Hall–Kier alpha value is -3.92. The molecule has 3 aromatic rings. The molecule has 1 aliphatic rings. The van der Waals surface area contributed by atoms with Crippen LogP contribution in [-0.2, 0) is 13.0 Å². The van der Waals surface area contributed by atoms with E-state index in [0.29, 0.717) is 41.3 Å². The first kappa shape index (κ1) is 19.4. The van der Waals surface area contributed by atoms with Crippen molar-refractivity contribution >= 4 is 0 Å². The zero-order chi connectivity index (χ0) is 21.4. The second-order valence-corrected chi connectivity index (χ2v) is 6.93. The fraction of sp³-hybridized carbons (Fsp3) is 0.217. The fourth-order valence-electron chi connectivity index (χ4n) is 3.92. The molecular weight excluding hydrogens is 382 g/mol. The maximum Gasteiger partial charge on any atom is 0.161 e. The Kier molecular flexibility index (Phi) is 4.84. The summed E-state index contributed by atoms with van der Waals surface area (Å²) in [6, 6.07) is 12.9. The third-order valence-electron chi connectivity index (χ3n) is 5.44. The summed E-state index contributed by atoms with van der Waals surface area (Å²) >= 11 is 0. The summed E-state index contributed by atoms with van der Waals surface area (Å²) in [6.07, 6.45) is 0.715. The second kappa shape index (κ2) is 7.48. The van der Waals surface area contributed by atoms with Crippen molar-refractivity contribution in [2.45, 2.75) is 13.0 Å². The largest absolute Gasteiger partial charge is 0.504 e. The van der Waals surface area contributed by atoms with Gasteiger partial charge in [-0.25, -0.2) is 0 Å². The van der Waals surface area contributed by atoms with Crippen LogP contribution in [0, 0.1) is 16.7 Å². The molecule has 0 atom stereocenters. The van der Waals surface area contributed by atoms with Gasteiger partial charge in [0.1, 0.15) is 17.1 Å². The molecule has 0 bridgehead atoms. The van der Waals surface area contributed by atoms with Crippen LogP contribution in [0.1, 0.15) is 11.1 Å². The number of pyridine rings is 1. The van der Waals surface area contributed by atoms with Gasteiger partial charge in [-0.2, -0.15) is 5.26 Å². The van der Waals surface area contributed by atoms with Crippen LogP contribution in [0.15, 0.2) is 36.4 Å². The molecule has 0 unspecified atom stereocenters. The summed E-state index contributed by atoms with van der Waals surface area (Å²) in [5.74, 6) is 1.58. The predicted octanol–water partition coefficient (Wildman–Crippen LogP) is 3.46. The highest BCUT2D eigenvalue weighted by molar-refractivity contribution is 5.79. The monoisotopic (exact) mass is 403 g/mol. The first-order valence-corrected chi connectivity index (χ1v) is 9.37. The van der Waals surface area contributed by atoms with E-state index in [2.05, 4.69) is 6.07 Å². The number of benzene rings is 2. The van der Waals surface area contributed by atoms with Gasteiger partial charge in [0.25, 0.3) is 0 Å². The number of nitrogens with one attached hydrogen (secondary N) is 1. The molecule has 0 spiro atoms. The molecule has 0 radical (unpaired) electrons. The first-order chi connectivity index (χ1) is 14.5. The molecule has 7 nitrogen and oxygen atoms in total. The quantitative estimate of drug-likeness (QED) is 0.695. The highest BCUT2D eigenvalue weighted by Crippen LogP contribution is 2.40. The van der Waals surface area contributed by atoms with Gasteiger partial charge >= 0.3 is 0 Å². The number of hydrogen-bond donors (Lipinski definition) is 2. The maximum atomic E-state index is 10.2. The normalized spacial score (nSPS) is 11.8. The number of methoxy groups -OCH3 is 3. The zero-order valence-electron chi connectivity index (χ0n) is 16.9. The van der Waals surface area contributed by atoms with Gasteiger partial charge in [-0.15, -0.1) is 0 Å². The third-order valence-corrected chi connectivity index (χ3v) is 5.44. The van der Waals surface area contributed by atoms with Crippen molar-refractivity contribution in [2.24, 2.45) is 0 Å². The number of aryl methyl sites for hydroxylation is 1. The fourth-order valence-corrected chi connectivity index (χ4v) is 3.92. The number of rotatable bonds is 4. The van der Waals surface area contributed by atoms with Gasteiger partial charge in [0.05, 0.1) is 27.0 Å². The maximum absolute atomic E-state index is 10.2. The lowest BCUT2D eigenvalue weighted by atomic mass is 9.92. The topological polar surface area (TPSA) is 100 Å². The van der Waals surface area contributed by atoms with Crippen LogP contribution in [0.2, 0.25) is 0 Å². The SMILES string of the molecule is COc1ccc(-c2cc3n(c(=N)c2C#N)CCc2cc(OC)c(OC)cc2-3)cc1O. The highest BCUT2D eigenvalue weighted by atomic mass is 16.5. The van der Waals surface area contributed by atoms with Gasteiger partial charge in [0, 0.05) is 17.7 Å². The van der Waals surface area contributed by atoms with E-state index in [1.807, 2.05) is 22.8 Å². The highest BCUT2D eigenvalue weighted by Gasteiger charge is 2.23. The van der Waals surface area contributed by atoms with Crippen molar-refractivity contribution in [1.29, 1.82) is 10.7 Å². The van der Waals surface area contributed by atoms with Gasteiger partial charge in [-0.1, -0.05) is 6.07 Å². The van der Waals surface area contributed by atoms with Crippen molar-refractivity contribution in [3.8, 4) is 51.5 Å². The standard InChI is InChI=1S/C23H21N3O4/c1-28-20-5-4-13(8-19(20)27)15-10-18-16-11-22(30-3)21(29-2)9-14(16)6-7-26(18)23(25)17(15)12-24/h4-5,8-11,25,27H,6-7H2,1-3H3. The molecule has 0 fully saturated rings. The average Bonchev–Trinajstić information content (AvgIpc) is 2.77. The second-order valence-electron chi connectivity index (χ2n) is 6.93. The molecule has 0 aliphatic carbocycles. The predicted molar refractivity (Wildman–Crippen MR) is 111 cm³/mol. The number of phenols is 1. The number of aromatic hydroxyl groups is 1. The number of phenolic OH excluding ortho intramolecular Hbond substituents is 1. The van der Waals surface area contributed by atoms with E-state index in [1.165, 1.54) is 7.11 Å². The number of aromatic nitrogens is 1. The Morgan fingerprint density at radius 2 is 1.67 bits per heavy atom. The van der Waals surface area contributed by atoms with Crippen LogP contribution >= 0.6 is 0 Å². The van der Waals surface area contributed by atoms with E-state index >= 15 is 0 Å². The molecule has 1 aliphatic heterocycles. The van der Waals surface area contributed by atoms with Gasteiger partial charge in [0.15, 0.2) is 23.0 Å². The number of hydrogen-bond acceptors (Lipinski definition) is 6. The molecule has 0 saturated heterocycles. The number of fused-ring (bicyclic) bond motifs is 3. The summed E-state index contributed by atoms with van der Waals surface area (Å²) in [5.41, 5.74) is 4.43. The third kappa shape index (κ3) is 2.94. The molecule has 152 valence electrons. The van der Waals surface area contributed by atoms with Crippen molar-refractivity contribution in [2.75, 3.05) is 21.3 Å². The van der Waals surface area contributed by atoms with E-state index in [4.69, 9.17) is 19.6 Å². The molecule has 0 amide bonds. The number of ether oxygens (including phenoxy) is 3. The lowest BCUT2D eigenvalue weighted by molar-refractivity contribution is 0.354. The van der Waals surface area contributed by atoms with Crippen molar-refractivity contribution in [3.05, 3.63) is 53.0 Å². The van der Waals surface area contributed by atoms with Crippen molar-refractivity contribution < 1.29 is 19.3 Å². The minimum absolute atomic E-state index is 0.0254. The average molecular weight is 403 g/mol. The van der Waals surface area contributed by atoms with Crippen LogP contribution in [0.25, 0.3) is 22.4 Å². The van der Waals surface area contributed by atoms with E-state index < -0.39 is 0 Å². The van der Waals surface area contributed by atoms with Crippen LogP contribution in [0.3, 0.4) is 0 Å². The molecule has 2 N–H and O–H groups in total. The molecule has 7 heteroatoms. The Balaban J connectivity index is 1.99. The van der Waals surface area contributed by atoms with E-state index in [0.717, 1.165) is 16.8 Å². The minimum Gasteiger partial charge on any atom is -0.504 e. The van der Waals surface area contributed by atoms with Crippen LogP contribution in [-0.4, -0.2) is 31.0 Å². The summed E-state index contributed by atoms with van der Waals surface area (Å²) in [5, 5.41) is 28.7. The van der Waals surface area contributed by atoms with E-state index in [1.54, 1.807) is 32.4 Å². The van der Waals surface area contributed by atoms with Gasteiger partial charge < -0.3 is 23.9 Å². The van der Waals surface area contributed by atoms with E-state index in [9.17, 15) is 10.4 Å². The Morgan fingerprint density at radius 3 is 2.30 bits per heavy atom. The van der Waals surface area contributed by atoms with Gasteiger partial charge in [0.2, 0.25) is 0 Å². The van der Waals surface area contributed by atoms with Crippen LogP contribution in [0.4, 0.5) is 0 Å². The number of nitrogens with zero attached hydrogens (tertiary/aromatic N) is 2. The summed E-state index contributed by atoms with van der Waals surface area (Å²) in [7, 11) is 4.66. The van der Waals surface area contributed by atoms with Crippen molar-refractivity contribution in [3.63, 3.8) is 0 Å². The molecule has 2 heterocycles. The molecule has 1 aromatic heterocycles. The smallest absolute Gasteiger partial charge is 0.161 e. The lowest BCUT2D eigenvalue weighted by Crippen LogP contribution is -2.28. The van der Waals surface area contributed by atoms with Crippen molar-refractivity contribution in [1.82, 2.24) is 4.57 Å². The van der Waals surface area contributed by atoms with Crippen LogP contribution in [0.5, 0.6) is 23.0 Å². The molecule has 2 aromatic carbocycles. The molecular formula is C23H21N3O4. The van der Waals surface area contributed by atoms with Crippen LogP contribution < -0.4 is 19.7 Å². The first-order valence-electron chi connectivity index (χ1n) is 9.37. The Morgan fingerprint density at radius 1 is 0.967 bits per heavy atom. The summed E-state index contributed by atoms with van der Waals surface area (Å²) < 4.78 is 17.8. The summed E-state index contributed by atoms with van der Waals surface area (Å²) in [6.45, 7) is 0.583. The van der Waals surface area contributed by atoms with Gasteiger partial charge in [-0.05, 0) is 47.9 Å². The molecule has 4 rings (SSSR count). The number of nitriles is 1. The van der Waals surface area contributed by atoms with E-state index in [-0.39, 0.29) is 16.8 Å². The molecule has 30 heavy (non-hydrogen) atoms. The molecule has 0 saturated carbocycles. The lowest BCUT2D eigenvalue weighted by Gasteiger charge is -2.25. The Bertz CT molecular complexity index is 1250. The minimum atomic E-state index is -0.0254. The zero-order valence-corrected chi connectivity index (χ0v) is 16.9.